The lowest BCUT2D eigenvalue weighted by Gasteiger charge is -2.10. The second-order valence-corrected chi connectivity index (χ2v) is 7.69. The highest BCUT2D eigenvalue weighted by atomic mass is 19.4. The molecule has 0 aliphatic heterocycles. The highest BCUT2D eigenvalue weighted by Gasteiger charge is 2.32. The molecule has 0 spiro atoms. The molecular weight excluding hydrogens is 471 g/mol. The van der Waals surface area contributed by atoms with E-state index in [0.717, 1.165) is 30.8 Å². The number of hydrogen-bond donors (Lipinski definition) is 4. The van der Waals surface area contributed by atoms with E-state index in [1.165, 1.54) is 23.8 Å². The molecule has 0 bridgehead atoms. The second-order valence-electron chi connectivity index (χ2n) is 7.69. The quantitative estimate of drug-likeness (QED) is 0.256. The van der Waals surface area contributed by atoms with Gasteiger partial charge in [-0.15, -0.1) is 0 Å². The molecule has 9 heteroatoms. The first-order chi connectivity index (χ1) is 17.1. The maximum absolute atomic E-state index is 12.2. The minimum absolute atomic E-state index is 0.0876. The summed E-state index contributed by atoms with van der Waals surface area (Å²) in [5, 5.41) is 8.33. The van der Waals surface area contributed by atoms with Crippen LogP contribution in [0.4, 0.5) is 13.2 Å². The molecule has 0 aliphatic rings. The van der Waals surface area contributed by atoms with Gasteiger partial charge in [0.15, 0.2) is 0 Å². The van der Waals surface area contributed by atoms with Crippen molar-refractivity contribution in [3.8, 4) is 11.1 Å². The van der Waals surface area contributed by atoms with Crippen molar-refractivity contribution in [1.29, 1.82) is 0 Å². The van der Waals surface area contributed by atoms with Crippen LogP contribution in [0, 0.1) is 0 Å². The summed E-state index contributed by atoms with van der Waals surface area (Å²) in [6, 6.07) is 22.3. The lowest BCUT2D eigenvalue weighted by Crippen LogP contribution is -2.29. The molecule has 36 heavy (non-hydrogen) atoms. The summed E-state index contributed by atoms with van der Waals surface area (Å²) in [4.78, 5) is 20.6. The Hall–Kier alpha value is -3.53. The summed E-state index contributed by atoms with van der Waals surface area (Å²) in [5.74, 6) is -0.933. The molecule has 0 heterocycles. The molecule has 3 aromatic carbocycles. The van der Waals surface area contributed by atoms with Gasteiger partial charge in [-0.05, 0) is 42.1 Å². The van der Waals surface area contributed by atoms with Crippen LogP contribution in [-0.2, 0) is 17.5 Å². The number of benzene rings is 3. The van der Waals surface area contributed by atoms with E-state index in [9.17, 15) is 22.8 Å². The number of nitrogens with two attached hydrogens (primary N) is 3. The summed E-state index contributed by atoms with van der Waals surface area (Å²) in [6.45, 7) is 0.516. The average molecular weight is 504 g/mol. The van der Waals surface area contributed by atoms with E-state index >= 15 is 0 Å². The Labute approximate surface area is 208 Å². The van der Waals surface area contributed by atoms with Crippen molar-refractivity contribution >= 4 is 12.3 Å². The van der Waals surface area contributed by atoms with Crippen molar-refractivity contribution in [3.63, 3.8) is 0 Å². The highest BCUT2D eigenvalue weighted by molar-refractivity contribution is 5.76. The van der Waals surface area contributed by atoms with Gasteiger partial charge in [-0.3, -0.25) is 9.59 Å². The molecule has 0 radical (unpaired) electrons. The van der Waals surface area contributed by atoms with Crippen LogP contribution >= 0.6 is 0 Å². The molecule has 6 nitrogen and oxygen atoms in total. The number of hydrogen-bond acceptors (Lipinski definition) is 5. The van der Waals surface area contributed by atoms with Crippen LogP contribution in [0.15, 0.2) is 78.9 Å². The number of carboxylic acids is 1. The van der Waals surface area contributed by atoms with E-state index in [1.54, 1.807) is 0 Å². The third-order valence-electron chi connectivity index (χ3n) is 4.98. The number of carbonyl (C=O) groups is 2. The molecular formula is C27H32F3N3O3. The number of halogens is 3. The summed E-state index contributed by atoms with van der Waals surface area (Å²) >= 11 is 0. The zero-order valence-electron chi connectivity index (χ0n) is 19.8. The predicted molar refractivity (Wildman–Crippen MR) is 135 cm³/mol. The van der Waals surface area contributed by atoms with Gasteiger partial charge in [-0.2, -0.15) is 13.2 Å². The topological polar surface area (TPSA) is 132 Å². The first kappa shape index (κ1) is 30.5. The smallest absolute Gasteiger partial charge is 0.416 e. The standard InChI is InChI=1S/C13H10O.C8H8F3N.C6H14N2O2/c14-10-11-6-8-13(9-7-11)12-4-2-1-3-5-12;9-8(10,11)7-4-2-1-3-6(7)5-12;7-4-2-1-3-5(8)6(9)10/h1-10H;1-4H,5,12H2;5H,1-4,7-8H2,(H,9,10)/t;;5-/m..0/s1. The lowest BCUT2D eigenvalue weighted by molar-refractivity contribution is -0.139. The Morgan fingerprint density at radius 3 is 1.89 bits per heavy atom. The Kier molecular flexibility index (Phi) is 13.7. The Morgan fingerprint density at radius 2 is 1.42 bits per heavy atom. The van der Waals surface area contributed by atoms with Gasteiger partial charge < -0.3 is 22.3 Å². The first-order valence-corrected chi connectivity index (χ1v) is 11.3. The maximum Gasteiger partial charge on any atom is 0.416 e. The molecule has 0 saturated heterocycles. The molecule has 0 aromatic heterocycles. The molecule has 3 rings (SSSR count). The molecule has 194 valence electrons. The zero-order valence-corrected chi connectivity index (χ0v) is 19.8. The van der Waals surface area contributed by atoms with Gasteiger partial charge in [0, 0.05) is 12.1 Å². The fourth-order valence-electron chi connectivity index (χ4n) is 2.99. The van der Waals surface area contributed by atoms with Gasteiger partial charge in [-0.25, -0.2) is 0 Å². The first-order valence-electron chi connectivity index (χ1n) is 11.3. The maximum atomic E-state index is 12.2. The molecule has 1 atom stereocenters. The van der Waals surface area contributed by atoms with Crippen molar-refractivity contribution in [3.05, 3.63) is 95.6 Å². The third-order valence-corrected chi connectivity index (χ3v) is 4.98. The molecule has 0 amide bonds. The van der Waals surface area contributed by atoms with Gasteiger partial charge in [-0.1, -0.05) is 79.2 Å². The molecule has 0 fully saturated rings. The summed E-state index contributed by atoms with van der Waals surface area (Å²) in [5.41, 5.74) is 18.1. The van der Waals surface area contributed by atoms with E-state index in [2.05, 4.69) is 12.1 Å². The molecule has 3 aromatic rings. The van der Waals surface area contributed by atoms with Crippen molar-refractivity contribution in [2.24, 2.45) is 17.2 Å². The molecule has 0 saturated carbocycles. The highest BCUT2D eigenvalue weighted by Crippen LogP contribution is 2.31. The summed E-state index contributed by atoms with van der Waals surface area (Å²) < 4.78 is 36.5. The minimum Gasteiger partial charge on any atom is -0.480 e. The second kappa shape index (κ2) is 16.2. The van der Waals surface area contributed by atoms with E-state index in [0.29, 0.717) is 18.5 Å². The van der Waals surface area contributed by atoms with Crippen LogP contribution in [0.3, 0.4) is 0 Å². The van der Waals surface area contributed by atoms with Crippen molar-refractivity contribution in [2.75, 3.05) is 6.54 Å². The monoisotopic (exact) mass is 503 g/mol. The Bertz CT molecular complexity index is 1040. The number of unbranched alkanes of at least 4 members (excludes halogenated alkanes) is 1. The summed E-state index contributed by atoms with van der Waals surface area (Å²) in [7, 11) is 0. The normalized spacial score (nSPS) is 11.3. The van der Waals surface area contributed by atoms with Gasteiger partial charge in [0.1, 0.15) is 12.3 Å². The minimum atomic E-state index is -4.30. The number of carboxylic acid groups (broad SMARTS) is 1. The van der Waals surface area contributed by atoms with Crippen LogP contribution < -0.4 is 17.2 Å². The van der Waals surface area contributed by atoms with Crippen LogP contribution in [0.25, 0.3) is 11.1 Å². The molecule has 7 N–H and O–H groups in total. The average Bonchev–Trinajstić information content (AvgIpc) is 2.89. The predicted octanol–water partition coefficient (Wildman–Crippen LogP) is 4.86. The lowest BCUT2D eigenvalue weighted by atomic mass is 10.0. The van der Waals surface area contributed by atoms with Crippen molar-refractivity contribution in [1.82, 2.24) is 0 Å². The zero-order chi connectivity index (χ0) is 27.0. The van der Waals surface area contributed by atoms with Crippen molar-refractivity contribution < 1.29 is 27.9 Å². The largest absolute Gasteiger partial charge is 0.480 e. The van der Waals surface area contributed by atoms with E-state index in [4.69, 9.17) is 22.3 Å². The number of alkyl halides is 3. The van der Waals surface area contributed by atoms with Gasteiger partial charge in [0.2, 0.25) is 0 Å². The van der Waals surface area contributed by atoms with Crippen molar-refractivity contribution in [2.45, 2.75) is 38.0 Å². The molecule has 0 unspecified atom stereocenters. The SMILES string of the molecule is NCCCC[C@H](N)C(=O)O.NCc1ccccc1C(F)(F)F.O=Cc1ccc(-c2ccccc2)cc1. The summed E-state index contributed by atoms with van der Waals surface area (Å²) in [6.07, 6.45) is -1.28. The fraction of sp³-hybridized carbons (Fsp3) is 0.259. The van der Waals surface area contributed by atoms with Gasteiger partial charge in [0.25, 0.3) is 0 Å². The fourth-order valence-corrected chi connectivity index (χ4v) is 2.99. The number of aliphatic carboxylic acids is 1. The number of rotatable bonds is 8. The van der Waals surface area contributed by atoms with Gasteiger partial charge in [0.05, 0.1) is 5.56 Å². The molecule has 0 aliphatic carbocycles. The van der Waals surface area contributed by atoms with E-state index in [1.807, 2.05) is 42.5 Å². The van der Waals surface area contributed by atoms with Crippen LogP contribution in [0.2, 0.25) is 0 Å². The number of aldehydes is 1. The van der Waals surface area contributed by atoms with Gasteiger partial charge >= 0.3 is 12.1 Å². The number of carbonyl (C=O) groups excluding carboxylic acids is 1. The van der Waals surface area contributed by atoms with Crippen LogP contribution in [0.5, 0.6) is 0 Å². The van der Waals surface area contributed by atoms with E-state index < -0.39 is 23.8 Å². The third kappa shape index (κ3) is 11.3. The van der Waals surface area contributed by atoms with E-state index in [-0.39, 0.29) is 12.1 Å². The Morgan fingerprint density at radius 1 is 0.861 bits per heavy atom. The van der Waals surface area contributed by atoms with Crippen LogP contribution in [-0.4, -0.2) is 29.9 Å². The van der Waals surface area contributed by atoms with Crippen LogP contribution in [0.1, 0.15) is 40.7 Å². The Balaban J connectivity index is 0.000000275.